The van der Waals surface area contributed by atoms with Gasteiger partial charge in [0.2, 0.25) is 23.6 Å². The van der Waals surface area contributed by atoms with Crippen molar-refractivity contribution in [1.82, 2.24) is 21.3 Å². The zero-order valence-electron chi connectivity index (χ0n) is 21.9. The third kappa shape index (κ3) is 11.5. The second-order valence-corrected chi connectivity index (χ2v) is 10.6. The van der Waals surface area contributed by atoms with Gasteiger partial charge in [-0.15, -0.1) is 0 Å². The number of aryl methyl sites for hydroxylation is 1. The Bertz CT molecular complexity index is 1070. The van der Waals surface area contributed by atoms with Crippen LogP contribution >= 0.6 is 11.6 Å². The molecule has 0 saturated carbocycles. The molecule has 4 N–H and O–H groups in total. The Kier molecular flexibility index (Phi) is 11.6. The minimum absolute atomic E-state index is 0.138. The quantitative estimate of drug-likeness (QED) is 0.338. The molecule has 0 fully saturated rings. The van der Waals surface area contributed by atoms with Crippen LogP contribution in [0.25, 0.3) is 0 Å². The monoisotopic (exact) mass is 528 g/mol. The van der Waals surface area contributed by atoms with E-state index in [1.807, 2.05) is 57.2 Å². The molecule has 0 aliphatic heterocycles. The lowest BCUT2D eigenvalue weighted by Crippen LogP contribution is -2.54. The molecule has 0 aromatic heterocycles. The molecule has 0 aliphatic rings. The summed E-state index contributed by atoms with van der Waals surface area (Å²) in [5, 5.41) is 11.3. The summed E-state index contributed by atoms with van der Waals surface area (Å²) in [4.78, 5) is 50.8. The van der Waals surface area contributed by atoms with Crippen LogP contribution < -0.4 is 21.3 Å². The number of rotatable bonds is 12. The largest absolute Gasteiger partial charge is 0.355 e. The van der Waals surface area contributed by atoms with Gasteiger partial charge in [0.15, 0.2) is 0 Å². The highest BCUT2D eigenvalue weighted by atomic mass is 35.5. The van der Waals surface area contributed by atoms with Crippen molar-refractivity contribution in [2.45, 2.75) is 65.6 Å². The Morgan fingerprint density at radius 2 is 1.49 bits per heavy atom. The molecule has 2 aromatic carbocycles. The normalized spacial score (nSPS) is 12.7. The molecule has 9 heteroatoms. The van der Waals surface area contributed by atoms with Crippen LogP contribution in [0.1, 0.15) is 51.7 Å². The predicted octanol–water partition coefficient (Wildman–Crippen LogP) is 3.13. The number of amides is 4. The van der Waals surface area contributed by atoms with Gasteiger partial charge >= 0.3 is 0 Å². The lowest BCUT2D eigenvalue weighted by molar-refractivity contribution is -0.133. The number of carbonyl (C=O) groups is 4. The van der Waals surface area contributed by atoms with E-state index in [-0.39, 0.29) is 36.6 Å². The zero-order valence-corrected chi connectivity index (χ0v) is 22.7. The van der Waals surface area contributed by atoms with E-state index in [4.69, 9.17) is 11.6 Å². The maximum atomic E-state index is 13.0. The molecule has 0 spiro atoms. The summed E-state index contributed by atoms with van der Waals surface area (Å²) in [6.45, 7) is 8.09. The first-order valence-electron chi connectivity index (χ1n) is 12.4. The van der Waals surface area contributed by atoms with Gasteiger partial charge in [-0.3, -0.25) is 19.2 Å². The van der Waals surface area contributed by atoms with Gasteiger partial charge in [-0.25, -0.2) is 0 Å². The highest BCUT2D eigenvalue weighted by Gasteiger charge is 2.27. The molecule has 4 amide bonds. The summed E-state index contributed by atoms with van der Waals surface area (Å²) in [6, 6.07) is 14.6. The minimum Gasteiger partial charge on any atom is -0.355 e. The van der Waals surface area contributed by atoms with Gasteiger partial charge in [-0.05, 0) is 36.0 Å². The van der Waals surface area contributed by atoms with Crippen molar-refractivity contribution in [3.63, 3.8) is 0 Å². The first kappa shape index (κ1) is 29.8. The summed E-state index contributed by atoms with van der Waals surface area (Å²) in [5.41, 5.74) is 1.60. The molecule has 0 saturated heterocycles. The molecule has 0 bridgehead atoms. The van der Waals surface area contributed by atoms with E-state index in [1.54, 1.807) is 18.2 Å². The Labute approximate surface area is 223 Å². The molecule has 200 valence electrons. The van der Waals surface area contributed by atoms with Crippen LogP contribution in [0, 0.1) is 5.41 Å². The van der Waals surface area contributed by atoms with E-state index < -0.39 is 23.9 Å². The van der Waals surface area contributed by atoms with E-state index in [1.165, 1.54) is 6.92 Å². The number of benzene rings is 2. The standard InChI is InChI=1S/C28H37ClN4O4/c1-19(26(36)30-17-21-12-8-9-13-22(21)29)32-27(37)23(16-25(35)31-18-28(2,3)4)33-24(34)15-14-20-10-6-5-7-11-20/h5-13,19,23H,14-18H2,1-4H3,(H,30,36)(H,31,35)(H,32,37)(H,33,34)/t19-,23-/m0/s1. The van der Waals surface area contributed by atoms with Crippen LogP contribution in [-0.4, -0.2) is 42.3 Å². The fraction of sp³-hybridized carbons (Fsp3) is 0.429. The van der Waals surface area contributed by atoms with Crippen LogP contribution in [0.5, 0.6) is 0 Å². The SMILES string of the molecule is C[C@H](NC(=O)[C@H](CC(=O)NCC(C)(C)C)NC(=O)CCc1ccccc1)C(=O)NCc1ccccc1Cl. The van der Waals surface area contributed by atoms with E-state index in [0.29, 0.717) is 18.0 Å². The average molecular weight is 529 g/mol. The molecular weight excluding hydrogens is 492 g/mol. The van der Waals surface area contributed by atoms with Crippen LogP contribution in [-0.2, 0) is 32.1 Å². The summed E-state index contributed by atoms with van der Waals surface area (Å²) >= 11 is 6.13. The Hall–Kier alpha value is -3.39. The molecule has 8 nitrogen and oxygen atoms in total. The fourth-order valence-electron chi connectivity index (χ4n) is 3.36. The third-order valence-electron chi connectivity index (χ3n) is 5.50. The molecule has 0 heterocycles. The first-order chi connectivity index (χ1) is 17.4. The number of hydrogen-bond donors (Lipinski definition) is 4. The van der Waals surface area contributed by atoms with Crippen molar-refractivity contribution in [2.75, 3.05) is 6.54 Å². The van der Waals surface area contributed by atoms with Gasteiger partial charge in [0, 0.05) is 24.5 Å². The second-order valence-electron chi connectivity index (χ2n) is 10.2. The molecule has 37 heavy (non-hydrogen) atoms. The molecule has 2 rings (SSSR count). The molecule has 0 unspecified atom stereocenters. The summed E-state index contributed by atoms with van der Waals surface area (Å²) < 4.78 is 0. The van der Waals surface area contributed by atoms with Crippen molar-refractivity contribution in [1.29, 1.82) is 0 Å². The second kappa shape index (κ2) is 14.4. The van der Waals surface area contributed by atoms with Crippen molar-refractivity contribution >= 4 is 35.2 Å². The molecule has 2 aromatic rings. The highest BCUT2D eigenvalue weighted by Crippen LogP contribution is 2.14. The molecule has 0 aliphatic carbocycles. The lowest BCUT2D eigenvalue weighted by atomic mass is 9.97. The van der Waals surface area contributed by atoms with Crippen molar-refractivity contribution in [2.24, 2.45) is 5.41 Å². The van der Waals surface area contributed by atoms with E-state index >= 15 is 0 Å². The van der Waals surface area contributed by atoms with Gasteiger partial charge in [-0.1, -0.05) is 80.9 Å². The predicted molar refractivity (Wildman–Crippen MR) is 145 cm³/mol. The van der Waals surface area contributed by atoms with Gasteiger partial charge in [0.05, 0.1) is 6.42 Å². The van der Waals surface area contributed by atoms with E-state index in [2.05, 4.69) is 21.3 Å². The average Bonchev–Trinajstić information content (AvgIpc) is 2.85. The smallest absolute Gasteiger partial charge is 0.243 e. The topological polar surface area (TPSA) is 116 Å². The van der Waals surface area contributed by atoms with Crippen LogP contribution in [0.3, 0.4) is 0 Å². The summed E-state index contributed by atoms with van der Waals surface area (Å²) in [7, 11) is 0. The number of carbonyl (C=O) groups excluding carboxylic acids is 4. The molecule has 0 radical (unpaired) electrons. The Balaban J connectivity index is 1.98. The molecular formula is C28H37ClN4O4. The number of halogens is 1. The zero-order chi connectivity index (χ0) is 27.4. The van der Waals surface area contributed by atoms with Gasteiger partial charge in [0.25, 0.3) is 0 Å². The van der Waals surface area contributed by atoms with Crippen molar-refractivity contribution in [3.05, 3.63) is 70.7 Å². The number of hydrogen-bond acceptors (Lipinski definition) is 4. The lowest BCUT2D eigenvalue weighted by Gasteiger charge is -2.23. The van der Waals surface area contributed by atoms with E-state index in [0.717, 1.165) is 11.1 Å². The fourth-order valence-corrected chi connectivity index (χ4v) is 3.56. The van der Waals surface area contributed by atoms with Crippen LogP contribution in [0.2, 0.25) is 5.02 Å². The number of nitrogens with one attached hydrogen (secondary N) is 4. The van der Waals surface area contributed by atoms with Gasteiger partial charge in [0.1, 0.15) is 12.1 Å². The first-order valence-corrected chi connectivity index (χ1v) is 12.7. The Morgan fingerprint density at radius 1 is 0.838 bits per heavy atom. The van der Waals surface area contributed by atoms with Crippen molar-refractivity contribution in [3.8, 4) is 0 Å². The van der Waals surface area contributed by atoms with Gasteiger partial charge < -0.3 is 21.3 Å². The summed E-state index contributed by atoms with van der Waals surface area (Å²) in [5.74, 6) is -1.75. The minimum atomic E-state index is -1.12. The maximum Gasteiger partial charge on any atom is 0.243 e. The maximum absolute atomic E-state index is 13.0. The Morgan fingerprint density at radius 3 is 2.14 bits per heavy atom. The van der Waals surface area contributed by atoms with Crippen LogP contribution in [0.15, 0.2) is 54.6 Å². The van der Waals surface area contributed by atoms with Gasteiger partial charge in [-0.2, -0.15) is 0 Å². The molecule has 2 atom stereocenters. The van der Waals surface area contributed by atoms with Crippen LogP contribution in [0.4, 0.5) is 0 Å². The van der Waals surface area contributed by atoms with E-state index in [9.17, 15) is 19.2 Å². The van der Waals surface area contributed by atoms with Crippen molar-refractivity contribution < 1.29 is 19.2 Å². The third-order valence-corrected chi connectivity index (χ3v) is 5.87. The highest BCUT2D eigenvalue weighted by molar-refractivity contribution is 6.31. The summed E-state index contributed by atoms with van der Waals surface area (Å²) in [6.07, 6.45) is 0.413.